The van der Waals surface area contributed by atoms with Gasteiger partial charge < -0.3 is 10.4 Å². The number of aliphatic carboxylic acids is 1. The zero-order chi connectivity index (χ0) is 10.5. The number of carboxylic acid groups (broad SMARTS) is 1. The second kappa shape index (κ2) is 3.19. The lowest BCUT2D eigenvalue weighted by Crippen LogP contribution is -2.71. The van der Waals surface area contributed by atoms with Gasteiger partial charge in [-0.1, -0.05) is 0 Å². The van der Waals surface area contributed by atoms with Crippen molar-refractivity contribution >= 4 is 5.97 Å². The minimum atomic E-state index is -0.613. The first-order valence-electron chi connectivity index (χ1n) is 5.93. The number of fused-ring (bicyclic) bond motifs is 2. The highest BCUT2D eigenvalue weighted by Crippen LogP contribution is 2.46. The number of nitrogens with zero attached hydrogens (tertiary/aromatic N) is 1. The average Bonchev–Trinajstić information content (AvgIpc) is 2.60. The van der Waals surface area contributed by atoms with E-state index in [0.29, 0.717) is 6.04 Å². The molecule has 2 heterocycles. The van der Waals surface area contributed by atoms with Crippen molar-refractivity contribution in [2.24, 2.45) is 5.92 Å². The average molecular weight is 210 g/mol. The predicted octanol–water partition coefficient (Wildman–Crippen LogP) is 0.287. The highest BCUT2D eigenvalue weighted by Gasteiger charge is 2.55. The predicted molar refractivity (Wildman–Crippen MR) is 55.7 cm³/mol. The van der Waals surface area contributed by atoms with Crippen molar-refractivity contribution in [1.29, 1.82) is 0 Å². The molecular weight excluding hydrogens is 192 g/mol. The van der Waals surface area contributed by atoms with Crippen LogP contribution in [0.5, 0.6) is 0 Å². The Balaban J connectivity index is 1.73. The Kier molecular flexibility index (Phi) is 2.04. The van der Waals surface area contributed by atoms with Crippen molar-refractivity contribution in [2.75, 3.05) is 19.6 Å². The van der Waals surface area contributed by atoms with E-state index in [-0.39, 0.29) is 11.5 Å². The number of piperazine rings is 1. The van der Waals surface area contributed by atoms with Crippen molar-refractivity contribution in [3.63, 3.8) is 0 Å². The summed E-state index contributed by atoms with van der Waals surface area (Å²) in [4.78, 5) is 13.4. The fourth-order valence-corrected chi connectivity index (χ4v) is 3.70. The molecule has 3 fully saturated rings. The van der Waals surface area contributed by atoms with Crippen molar-refractivity contribution in [2.45, 2.75) is 37.3 Å². The van der Waals surface area contributed by atoms with E-state index in [4.69, 9.17) is 5.11 Å². The van der Waals surface area contributed by atoms with E-state index in [2.05, 4.69) is 10.2 Å². The molecule has 84 valence electrons. The molecule has 4 nitrogen and oxygen atoms in total. The number of carbonyl (C=O) groups is 1. The van der Waals surface area contributed by atoms with Crippen molar-refractivity contribution in [1.82, 2.24) is 10.2 Å². The van der Waals surface area contributed by atoms with Gasteiger partial charge in [-0.05, 0) is 32.2 Å². The Bertz CT molecular complexity index is 286. The Hall–Kier alpha value is -0.610. The van der Waals surface area contributed by atoms with Crippen LogP contribution in [0.1, 0.15) is 25.7 Å². The molecule has 3 rings (SSSR count). The minimum absolute atomic E-state index is 0.0990. The number of hydrogen-bond donors (Lipinski definition) is 2. The molecule has 2 N–H and O–H groups in total. The maximum absolute atomic E-state index is 10.9. The number of hydrogen-bond acceptors (Lipinski definition) is 3. The van der Waals surface area contributed by atoms with E-state index in [0.717, 1.165) is 25.9 Å². The fraction of sp³-hybridized carbons (Fsp3) is 0.909. The lowest BCUT2D eigenvalue weighted by atomic mass is 9.63. The second-order valence-electron chi connectivity index (χ2n) is 5.22. The van der Waals surface area contributed by atoms with Crippen LogP contribution in [0, 0.1) is 5.92 Å². The first-order valence-corrected chi connectivity index (χ1v) is 5.93. The van der Waals surface area contributed by atoms with Gasteiger partial charge in [0.25, 0.3) is 0 Å². The number of nitrogens with one attached hydrogen (secondary N) is 1. The van der Waals surface area contributed by atoms with Gasteiger partial charge in [-0.15, -0.1) is 0 Å². The van der Waals surface area contributed by atoms with E-state index < -0.39 is 5.97 Å². The summed E-state index contributed by atoms with van der Waals surface area (Å²) in [6, 6.07) is 0.613. The maximum Gasteiger partial charge on any atom is 0.306 e. The lowest BCUT2D eigenvalue weighted by molar-refractivity contribution is -0.150. The van der Waals surface area contributed by atoms with Crippen LogP contribution in [0.3, 0.4) is 0 Å². The number of carboxylic acids is 1. The normalized spacial score (nSPS) is 45.1. The molecule has 15 heavy (non-hydrogen) atoms. The van der Waals surface area contributed by atoms with Crippen LogP contribution in [-0.4, -0.2) is 47.2 Å². The first kappa shape index (κ1) is 9.60. The third-order valence-electron chi connectivity index (χ3n) is 4.45. The SMILES string of the molecule is O=C(O)C1CC2(C1)NCCN1CCCC12. The molecule has 2 aliphatic heterocycles. The summed E-state index contributed by atoms with van der Waals surface area (Å²) in [5, 5.41) is 12.5. The molecule has 1 saturated carbocycles. The van der Waals surface area contributed by atoms with Crippen LogP contribution in [0.4, 0.5) is 0 Å². The molecule has 0 aromatic heterocycles. The molecule has 2 saturated heterocycles. The maximum atomic E-state index is 10.9. The van der Waals surface area contributed by atoms with Gasteiger partial charge >= 0.3 is 5.97 Å². The van der Waals surface area contributed by atoms with E-state index in [1.165, 1.54) is 19.4 Å². The Labute approximate surface area is 89.6 Å². The topological polar surface area (TPSA) is 52.6 Å². The third kappa shape index (κ3) is 1.31. The minimum Gasteiger partial charge on any atom is -0.481 e. The van der Waals surface area contributed by atoms with Gasteiger partial charge in [-0.2, -0.15) is 0 Å². The standard InChI is InChI=1S/C11H18N2O2/c14-10(15)8-6-11(7-8)9-2-1-4-13(9)5-3-12-11/h8-9,12H,1-7H2,(H,14,15). The molecule has 0 aromatic rings. The quantitative estimate of drug-likeness (QED) is 0.653. The molecule has 1 spiro atoms. The van der Waals surface area contributed by atoms with Crippen LogP contribution in [0.2, 0.25) is 0 Å². The van der Waals surface area contributed by atoms with Crippen molar-refractivity contribution < 1.29 is 9.90 Å². The second-order valence-corrected chi connectivity index (χ2v) is 5.22. The zero-order valence-electron chi connectivity index (χ0n) is 8.91. The molecule has 1 aliphatic carbocycles. The van der Waals surface area contributed by atoms with Crippen LogP contribution in [-0.2, 0) is 4.79 Å². The molecular formula is C11H18N2O2. The summed E-state index contributed by atoms with van der Waals surface area (Å²) < 4.78 is 0. The summed E-state index contributed by atoms with van der Waals surface area (Å²) >= 11 is 0. The first-order chi connectivity index (χ1) is 7.21. The third-order valence-corrected chi connectivity index (χ3v) is 4.45. The highest BCUT2D eigenvalue weighted by atomic mass is 16.4. The van der Waals surface area contributed by atoms with E-state index >= 15 is 0 Å². The van der Waals surface area contributed by atoms with Gasteiger partial charge in [0.05, 0.1) is 5.92 Å². The monoisotopic (exact) mass is 210 g/mol. The molecule has 0 aromatic carbocycles. The van der Waals surface area contributed by atoms with Gasteiger partial charge in [0.2, 0.25) is 0 Å². The van der Waals surface area contributed by atoms with Crippen LogP contribution in [0.25, 0.3) is 0 Å². The van der Waals surface area contributed by atoms with Crippen molar-refractivity contribution in [3.05, 3.63) is 0 Å². The summed E-state index contributed by atoms with van der Waals surface area (Å²) in [7, 11) is 0. The Morgan fingerprint density at radius 1 is 1.40 bits per heavy atom. The Morgan fingerprint density at radius 3 is 2.93 bits per heavy atom. The summed E-state index contributed by atoms with van der Waals surface area (Å²) in [5.74, 6) is -0.712. The molecule has 1 unspecified atom stereocenters. The fourth-order valence-electron chi connectivity index (χ4n) is 3.70. The molecule has 1 atom stereocenters. The van der Waals surface area contributed by atoms with Crippen LogP contribution >= 0.6 is 0 Å². The smallest absolute Gasteiger partial charge is 0.306 e. The van der Waals surface area contributed by atoms with E-state index in [1.807, 2.05) is 0 Å². The molecule has 0 bridgehead atoms. The number of rotatable bonds is 1. The van der Waals surface area contributed by atoms with Gasteiger partial charge in [-0.25, -0.2) is 0 Å². The summed E-state index contributed by atoms with van der Waals surface area (Å²) in [6.45, 7) is 3.39. The van der Waals surface area contributed by atoms with Crippen molar-refractivity contribution in [3.8, 4) is 0 Å². The summed E-state index contributed by atoms with van der Waals surface area (Å²) in [6.07, 6.45) is 4.21. The van der Waals surface area contributed by atoms with Gasteiger partial charge in [0, 0.05) is 24.7 Å². The molecule has 0 radical (unpaired) electrons. The van der Waals surface area contributed by atoms with Gasteiger partial charge in [-0.3, -0.25) is 9.69 Å². The molecule has 3 aliphatic rings. The lowest BCUT2D eigenvalue weighted by Gasteiger charge is -2.56. The largest absolute Gasteiger partial charge is 0.481 e. The zero-order valence-corrected chi connectivity index (χ0v) is 8.91. The van der Waals surface area contributed by atoms with E-state index in [1.54, 1.807) is 0 Å². The molecule has 0 amide bonds. The molecule has 4 heteroatoms. The van der Waals surface area contributed by atoms with E-state index in [9.17, 15) is 4.79 Å². The van der Waals surface area contributed by atoms with Crippen LogP contribution in [0.15, 0.2) is 0 Å². The van der Waals surface area contributed by atoms with Crippen LogP contribution < -0.4 is 5.32 Å². The highest BCUT2D eigenvalue weighted by molar-refractivity contribution is 5.72. The summed E-state index contributed by atoms with van der Waals surface area (Å²) in [5.41, 5.74) is 0.151. The Morgan fingerprint density at radius 2 is 2.20 bits per heavy atom. The van der Waals surface area contributed by atoms with Gasteiger partial charge in [0.15, 0.2) is 0 Å². The van der Waals surface area contributed by atoms with Gasteiger partial charge in [0.1, 0.15) is 0 Å².